The first-order chi connectivity index (χ1) is 14.9. The van der Waals surface area contributed by atoms with Gasteiger partial charge in [-0.2, -0.15) is 0 Å². The molecule has 2 aromatic heterocycles. The van der Waals surface area contributed by atoms with Crippen molar-refractivity contribution in [3.63, 3.8) is 0 Å². The minimum absolute atomic E-state index is 0.133. The van der Waals surface area contributed by atoms with Gasteiger partial charge in [-0.1, -0.05) is 18.1 Å². The number of pyridine rings is 1. The van der Waals surface area contributed by atoms with Gasteiger partial charge in [0.2, 0.25) is 5.91 Å². The molecule has 1 aromatic carbocycles. The van der Waals surface area contributed by atoms with Crippen molar-refractivity contribution in [2.45, 2.75) is 18.4 Å². The number of ether oxygens (including phenoxy) is 1. The first kappa shape index (κ1) is 20.6. The number of carbonyl (C=O) groups is 1. The lowest BCUT2D eigenvalue weighted by Crippen LogP contribution is -2.52. The van der Waals surface area contributed by atoms with E-state index in [9.17, 15) is 4.79 Å². The fourth-order valence-corrected chi connectivity index (χ4v) is 4.68. The van der Waals surface area contributed by atoms with Crippen LogP contribution in [0.25, 0.3) is 10.6 Å². The predicted octanol–water partition coefficient (Wildman–Crippen LogP) is 2.98. The summed E-state index contributed by atoms with van der Waals surface area (Å²) in [6.07, 6.45) is 10.6. The number of amides is 1. The third kappa shape index (κ3) is 3.53. The normalized spacial score (nSPS) is 20.8. The molecule has 0 radical (unpaired) electrons. The van der Waals surface area contributed by atoms with Gasteiger partial charge in [-0.25, -0.2) is 9.98 Å². The van der Waals surface area contributed by atoms with Crippen molar-refractivity contribution in [3.8, 4) is 28.7 Å². The smallest absolute Gasteiger partial charge is 0.239 e. The third-order valence-electron chi connectivity index (χ3n) is 5.44. The Morgan fingerprint density at radius 2 is 2.00 bits per heavy atom. The van der Waals surface area contributed by atoms with Crippen LogP contribution in [0.2, 0.25) is 0 Å². The van der Waals surface area contributed by atoms with Crippen LogP contribution in [0.1, 0.15) is 28.8 Å². The van der Waals surface area contributed by atoms with E-state index in [0.717, 1.165) is 21.0 Å². The molecule has 0 bridgehead atoms. The van der Waals surface area contributed by atoms with Gasteiger partial charge < -0.3 is 10.5 Å². The van der Waals surface area contributed by atoms with E-state index in [-0.39, 0.29) is 11.9 Å². The van der Waals surface area contributed by atoms with Gasteiger partial charge in [0.05, 0.1) is 17.9 Å². The molecule has 0 spiro atoms. The summed E-state index contributed by atoms with van der Waals surface area (Å²) < 4.78 is 5.26. The van der Waals surface area contributed by atoms with Crippen LogP contribution in [0.15, 0.2) is 53.9 Å². The largest absolute Gasteiger partial charge is 0.497 e. The number of guanidine groups is 1. The number of likely N-dealkylation sites (N-methyl/N-ethyl adjacent to an activating group) is 1. The molecule has 31 heavy (non-hydrogen) atoms. The highest BCUT2D eigenvalue weighted by atomic mass is 32.1. The van der Waals surface area contributed by atoms with Gasteiger partial charge in [0.15, 0.2) is 5.96 Å². The Balaban J connectivity index is 1.82. The molecule has 1 unspecified atom stereocenters. The average Bonchev–Trinajstić information content (AvgIpc) is 3.29. The summed E-state index contributed by atoms with van der Waals surface area (Å²) in [5, 5.41) is 0.745. The second-order valence-electron chi connectivity index (χ2n) is 7.36. The number of thiazole rings is 1. The van der Waals surface area contributed by atoms with Crippen molar-refractivity contribution in [1.29, 1.82) is 0 Å². The molecular weight excluding hydrogens is 410 g/mol. The summed E-state index contributed by atoms with van der Waals surface area (Å²) in [6, 6.07) is 9.29. The molecule has 0 aliphatic carbocycles. The van der Waals surface area contributed by atoms with E-state index in [0.29, 0.717) is 11.3 Å². The number of hydrogen-bond donors (Lipinski definition) is 1. The average molecular weight is 432 g/mol. The maximum Gasteiger partial charge on any atom is 0.239 e. The maximum atomic E-state index is 13.3. The molecule has 0 saturated heterocycles. The van der Waals surface area contributed by atoms with E-state index in [4.69, 9.17) is 21.9 Å². The minimum Gasteiger partial charge on any atom is -0.497 e. The lowest BCUT2D eigenvalue weighted by atomic mass is 9.78. The van der Waals surface area contributed by atoms with Gasteiger partial charge in [-0.05, 0) is 30.7 Å². The van der Waals surface area contributed by atoms with E-state index in [1.54, 1.807) is 32.7 Å². The second-order valence-corrected chi connectivity index (χ2v) is 8.39. The number of rotatable bonds is 4. The molecule has 2 atom stereocenters. The molecule has 7 nitrogen and oxygen atoms in total. The van der Waals surface area contributed by atoms with E-state index in [2.05, 4.69) is 15.9 Å². The number of aromatic nitrogens is 2. The van der Waals surface area contributed by atoms with Gasteiger partial charge in [-0.3, -0.25) is 14.7 Å². The molecule has 4 rings (SSSR count). The molecular formula is C23H21N5O2S. The molecule has 8 heteroatoms. The maximum absolute atomic E-state index is 13.3. The zero-order valence-corrected chi connectivity index (χ0v) is 18.2. The van der Waals surface area contributed by atoms with Crippen LogP contribution in [-0.2, 0) is 10.3 Å². The van der Waals surface area contributed by atoms with Gasteiger partial charge in [0.1, 0.15) is 16.3 Å². The summed E-state index contributed by atoms with van der Waals surface area (Å²) in [6.45, 7) is 1.91. The van der Waals surface area contributed by atoms with Gasteiger partial charge >= 0.3 is 0 Å². The Bertz CT molecular complexity index is 1210. The van der Waals surface area contributed by atoms with Crippen molar-refractivity contribution in [2.75, 3.05) is 14.2 Å². The molecule has 2 N–H and O–H groups in total. The highest BCUT2D eigenvalue weighted by Crippen LogP contribution is 2.46. The standard InChI is InChI=1S/C23H21N5O2S/c1-5-14-10-16(12-25-11-14)20-26-13-18(31-20)23(2)19(21(29)28(3)22(24)27-23)15-6-8-17(30-4)9-7-15/h1,6-13,19H,2-4H3,(H2,24,27)/t19?,23-/m1/s1. The van der Waals surface area contributed by atoms with Crippen LogP contribution in [-0.4, -0.2) is 40.9 Å². The zero-order valence-electron chi connectivity index (χ0n) is 17.4. The van der Waals surface area contributed by atoms with Gasteiger partial charge in [-0.15, -0.1) is 17.8 Å². The van der Waals surface area contributed by atoms with E-state index >= 15 is 0 Å². The third-order valence-corrected chi connectivity index (χ3v) is 6.71. The summed E-state index contributed by atoms with van der Waals surface area (Å²) in [5.41, 5.74) is 7.50. The molecule has 156 valence electrons. The zero-order chi connectivity index (χ0) is 22.2. The molecule has 0 fully saturated rings. The molecule has 3 heterocycles. The van der Waals surface area contributed by atoms with Gasteiger partial charge in [0.25, 0.3) is 0 Å². The van der Waals surface area contributed by atoms with Crippen molar-refractivity contribution in [1.82, 2.24) is 14.9 Å². The van der Waals surface area contributed by atoms with Crippen LogP contribution in [0, 0.1) is 12.3 Å². The summed E-state index contributed by atoms with van der Waals surface area (Å²) in [4.78, 5) is 29.0. The fourth-order valence-electron chi connectivity index (χ4n) is 3.66. The Kier molecular flexibility index (Phi) is 5.21. The Morgan fingerprint density at radius 1 is 1.26 bits per heavy atom. The van der Waals surface area contributed by atoms with Crippen molar-refractivity contribution in [2.24, 2.45) is 10.7 Å². The highest BCUT2D eigenvalue weighted by Gasteiger charge is 2.48. The number of methoxy groups -OCH3 is 1. The Morgan fingerprint density at radius 3 is 2.68 bits per heavy atom. The van der Waals surface area contributed by atoms with Crippen molar-refractivity contribution in [3.05, 3.63) is 64.9 Å². The number of aliphatic imine (C=N–C) groups is 1. The number of hydrogen-bond acceptors (Lipinski definition) is 7. The lowest BCUT2D eigenvalue weighted by molar-refractivity contribution is -0.130. The first-order valence-corrected chi connectivity index (χ1v) is 10.3. The van der Waals surface area contributed by atoms with Crippen molar-refractivity contribution >= 4 is 23.2 Å². The predicted molar refractivity (Wildman–Crippen MR) is 121 cm³/mol. The Labute approximate surface area is 184 Å². The number of nitrogens with two attached hydrogens (primary N) is 1. The topological polar surface area (TPSA) is 93.7 Å². The molecule has 3 aromatic rings. The van der Waals surface area contributed by atoms with Crippen LogP contribution in [0.5, 0.6) is 5.75 Å². The minimum atomic E-state index is -0.921. The van der Waals surface area contributed by atoms with Crippen LogP contribution >= 0.6 is 11.3 Å². The fraction of sp³-hybridized carbons (Fsp3) is 0.217. The number of benzene rings is 1. The van der Waals surface area contributed by atoms with E-state index < -0.39 is 11.5 Å². The second kappa shape index (κ2) is 7.85. The SMILES string of the molecule is C#Cc1cncc(-c2ncc([C@@]3(C)N=C(N)N(C)C(=O)C3c3ccc(OC)cc3)s2)c1. The molecule has 1 amide bonds. The highest BCUT2D eigenvalue weighted by molar-refractivity contribution is 7.15. The van der Waals surface area contributed by atoms with Gasteiger partial charge in [0, 0.05) is 36.8 Å². The molecule has 1 aliphatic rings. The molecule has 1 aliphatic heterocycles. The first-order valence-electron chi connectivity index (χ1n) is 9.52. The van der Waals surface area contributed by atoms with Crippen LogP contribution < -0.4 is 10.5 Å². The summed E-state index contributed by atoms with van der Waals surface area (Å²) in [5.74, 6) is 2.76. The molecule has 0 saturated carbocycles. The van der Waals surface area contributed by atoms with Crippen LogP contribution in [0.3, 0.4) is 0 Å². The van der Waals surface area contributed by atoms with E-state index in [1.165, 1.54) is 16.2 Å². The number of carbonyl (C=O) groups excluding carboxylic acids is 1. The van der Waals surface area contributed by atoms with E-state index in [1.807, 2.05) is 37.3 Å². The Hall–Kier alpha value is -3.70. The quantitative estimate of drug-likeness (QED) is 0.641. The van der Waals surface area contributed by atoms with Crippen molar-refractivity contribution < 1.29 is 9.53 Å². The number of nitrogens with zero attached hydrogens (tertiary/aromatic N) is 4. The number of terminal acetylenes is 1. The van der Waals surface area contributed by atoms with Crippen LogP contribution in [0.4, 0.5) is 0 Å². The summed E-state index contributed by atoms with van der Waals surface area (Å²) in [7, 11) is 3.24. The lowest BCUT2D eigenvalue weighted by Gasteiger charge is -2.39. The monoisotopic (exact) mass is 431 g/mol. The summed E-state index contributed by atoms with van der Waals surface area (Å²) >= 11 is 1.44.